The number of nitrogens with zero attached hydrogens (tertiary/aromatic N) is 4. The normalized spacial score (nSPS) is 9.73. The lowest BCUT2D eigenvalue weighted by Crippen LogP contribution is -2.29. The SMILES string of the molecule is Cc1cc(C(=O)N(C)CCC#N)n(C)n1. The fourth-order valence-corrected chi connectivity index (χ4v) is 1.33. The molecule has 0 aliphatic rings. The molecule has 0 bridgehead atoms. The molecule has 1 aromatic heterocycles. The minimum absolute atomic E-state index is 0.103. The van der Waals surface area contributed by atoms with E-state index in [2.05, 4.69) is 5.10 Å². The highest BCUT2D eigenvalue weighted by atomic mass is 16.2. The quantitative estimate of drug-likeness (QED) is 0.731. The van der Waals surface area contributed by atoms with Gasteiger partial charge in [0.1, 0.15) is 5.69 Å². The van der Waals surface area contributed by atoms with Gasteiger partial charge in [-0.1, -0.05) is 0 Å². The standard InChI is InChI=1S/C10H14N4O/c1-8-7-9(14(3)12-8)10(15)13(2)6-4-5-11/h7H,4,6H2,1-3H3. The molecule has 1 heterocycles. The van der Waals surface area contributed by atoms with Crippen LogP contribution in [0, 0.1) is 18.3 Å². The van der Waals surface area contributed by atoms with Crippen molar-refractivity contribution in [1.82, 2.24) is 14.7 Å². The topological polar surface area (TPSA) is 61.9 Å². The maximum absolute atomic E-state index is 11.8. The Morgan fingerprint density at radius 2 is 2.40 bits per heavy atom. The molecular formula is C10H14N4O. The first-order valence-corrected chi connectivity index (χ1v) is 4.69. The van der Waals surface area contributed by atoms with Crippen molar-refractivity contribution in [1.29, 1.82) is 5.26 Å². The number of aromatic nitrogens is 2. The molecule has 0 fully saturated rings. The van der Waals surface area contributed by atoms with Gasteiger partial charge in [-0.15, -0.1) is 0 Å². The predicted molar refractivity (Wildman–Crippen MR) is 55.1 cm³/mol. The molecule has 0 unspecified atom stereocenters. The van der Waals surface area contributed by atoms with Crippen LogP contribution in [0.25, 0.3) is 0 Å². The summed E-state index contributed by atoms with van der Waals surface area (Å²) in [6.45, 7) is 2.28. The molecule has 5 heteroatoms. The van der Waals surface area contributed by atoms with E-state index in [9.17, 15) is 4.79 Å². The van der Waals surface area contributed by atoms with Crippen LogP contribution in [0.4, 0.5) is 0 Å². The van der Waals surface area contributed by atoms with Crippen molar-refractivity contribution >= 4 is 5.91 Å². The third kappa shape index (κ3) is 2.56. The van der Waals surface area contributed by atoms with Gasteiger partial charge in [-0.05, 0) is 13.0 Å². The monoisotopic (exact) mass is 206 g/mol. The zero-order valence-electron chi connectivity index (χ0n) is 9.19. The van der Waals surface area contributed by atoms with E-state index in [-0.39, 0.29) is 5.91 Å². The Kier molecular flexibility index (Phi) is 3.45. The molecule has 0 spiro atoms. The summed E-state index contributed by atoms with van der Waals surface area (Å²) in [7, 11) is 3.42. The van der Waals surface area contributed by atoms with Crippen LogP contribution in [0.3, 0.4) is 0 Å². The molecule has 0 saturated heterocycles. The van der Waals surface area contributed by atoms with Gasteiger partial charge < -0.3 is 4.90 Å². The highest BCUT2D eigenvalue weighted by Gasteiger charge is 2.15. The number of rotatable bonds is 3. The van der Waals surface area contributed by atoms with Crippen LogP contribution < -0.4 is 0 Å². The molecule has 0 aliphatic carbocycles. The molecule has 0 atom stereocenters. The van der Waals surface area contributed by atoms with Crippen molar-refractivity contribution in [3.05, 3.63) is 17.5 Å². The van der Waals surface area contributed by atoms with E-state index in [0.717, 1.165) is 5.69 Å². The minimum atomic E-state index is -0.103. The van der Waals surface area contributed by atoms with E-state index in [1.807, 2.05) is 13.0 Å². The molecule has 15 heavy (non-hydrogen) atoms. The smallest absolute Gasteiger partial charge is 0.271 e. The Hall–Kier alpha value is -1.83. The van der Waals surface area contributed by atoms with Crippen LogP contribution in [-0.2, 0) is 7.05 Å². The van der Waals surface area contributed by atoms with E-state index in [1.54, 1.807) is 24.8 Å². The van der Waals surface area contributed by atoms with Crippen molar-refractivity contribution in [3.8, 4) is 6.07 Å². The summed E-state index contributed by atoms with van der Waals surface area (Å²) in [5.74, 6) is -0.103. The molecule has 80 valence electrons. The van der Waals surface area contributed by atoms with Crippen LogP contribution in [0.5, 0.6) is 0 Å². The summed E-state index contributed by atoms with van der Waals surface area (Å²) in [6, 6.07) is 3.75. The fourth-order valence-electron chi connectivity index (χ4n) is 1.33. The van der Waals surface area contributed by atoms with Gasteiger partial charge in [0.25, 0.3) is 5.91 Å². The zero-order valence-corrected chi connectivity index (χ0v) is 9.19. The van der Waals surface area contributed by atoms with Gasteiger partial charge in [0.15, 0.2) is 0 Å². The third-order valence-electron chi connectivity index (χ3n) is 2.13. The lowest BCUT2D eigenvalue weighted by Gasteiger charge is -2.14. The van der Waals surface area contributed by atoms with Crippen molar-refractivity contribution < 1.29 is 4.79 Å². The van der Waals surface area contributed by atoms with Crippen molar-refractivity contribution in [3.63, 3.8) is 0 Å². The van der Waals surface area contributed by atoms with E-state index < -0.39 is 0 Å². The second kappa shape index (κ2) is 4.60. The maximum atomic E-state index is 11.8. The molecule has 0 aliphatic heterocycles. The van der Waals surface area contributed by atoms with E-state index in [1.165, 1.54) is 4.90 Å². The van der Waals surface area contributed by atoms with Gasteiger partial charge in [0.05, 0.1) is 18.2 Å². The van der Waals surface area contributed by atoms with Crippen LogP contribution in [0.15, 0.2) is 6.07 Å². The van der Waals surface area contributed by atoms with Crippen molar-refractivity contribution in [2.75, 3.05) is 13.6 Å². The van der Waals surface area contributed by atoms with Gasteiger partial charge >= 0.3 is 0 Å². The summed E-state index contributed by atoms with van der Waals surface area (Å²) in [5, 5.41) is 12.5. The van der Waals surface area contributed by atoms with Gasteiger partial charge in [-0.25, -0.2) is 0 Å². The number of carbonyl (C=O) groups is 1. The lowest BCUT2D eigenvalue weighted by atomic mass is 10.3. The highest BCUT2D eigenvalue weighted by molar-refractivity contribution is 5.92. The van der Waals surface area contributed by atoms with Crippen LogP contribution in [0.1, 0.15) is 22.6 Å². The number of aryl methyl sites for hydroxylation is 2. The minimum Gasteiger partial charge on any atom is -0.339 e. The summed E-state index contributed by atoms with van der Waals surface area (Å²) in [6.07, 6.45) is 0.346. The summed E-state index contributed by atoms with van der Waals surface area (Å²) >= 11 is 0. The van der Waals surface area contributed by atoms with Crippen LogP contribution in [-0.4, -0.2) is 34.2 Å². The number of hydrogen-bond acceptors (Lipinski definition) is 3. The average Bonchev–Trinajstić information content (AvgIpc) is 2.53. The zero-order chi connectivity index (χ0) is 11.4. The molecule has 1 rings (SSSR count). The number of amides is 1. The maximum Gasteiger partial charge on any atom is 0.271 e. The molecule has 1 aromatic rings. The second-order valence-electron chi connectivity index (χ2n) is 3.43. The predicted octanol–water partition coefficient (Wildman–Crippen LogP) is 0.714. The average molecular weight is 206 g/mol. The van der Waals surface area contributed by atoms with Gasteiger partial charge in [0.2, 0.25) is 0 Å². The number of carbonyl (C=O) groups excluding carboxylic acids is 1. The third-order valence-corrected chi connectivity index (χ3v) is 2.13. The first kappa shape index (κ1) is 11.2. The van der Waals surface area contributed by atoms with Gasteiger partial charge in [-0.2, -0.15) is 10.4 Å². The molecule has 5 nitrogen and oxygen atoms in total. The summed E-state index contributed by atoms with van der Waals surface area (Å²) in [5.41, 5.74) is 1.36. The fraction of sp³-hybridized carbons (Fsp3) is 0.500. The Bertz CT molecular complexity index is 402. The molecule has 0 aromatic carbocycles. The molecule has 0 saturated carbocycles. The van der Waals surface area contributed by atoms with Gasteiger partial charge in [0, 0.05) is 20.6 Å². The lowest BCUT2D eigenvalue weighted by molar-refractivity contribution is 0.0787. The first-order valence-electron chi connectivity index (χ1n) is 4.69. The van der Waals surface area contributed by atoms with E-state index >= 15 is 0 Å². The summed E-state index contributed by atoms with van der Waals surface area (Å²) in [4.78, 5) is 13.4. The van der Waals surface area contributed by atoms with Crippen LogP contribution >= 0.6 is 0 Å². The Balaban J connectivity index is 2.76. The van der Waals surface area contributed by atoms with Gasteiger partial charge in [-0.3, -0.25) is 9.48 Å². The summed E-state index contributed by atoms with van der Waals surface area (Å²) < 4.78 is 1.56. The first-order chi connectivity index (χ1) is 7.06. The van der Waals surface area contributed by atoms with Crippen molar-refractivity contribution in [2.24, 2.45) is 7.05 Å². The van der Waals surface area contributed by atoms with Crippen LogP contribution in [0.2, 0.25) is 0 Å². The molecule has 0 radical (unpaired) electrons. The Morgan fingerprint density at radius 1 is 1.73 bits per heavy atom. The number of nitriles is 1. The Morgan fingerprint density at radius 3 is 2.87 bits per heavy atom. The largest absolute Gasteiger partial charge is 0.339 e. The molecular weight excluding hydrogens is 192 g/mol. The van der Waals surface area contributed by atoms with E-state index in [0.29, 0.717) is 18.7 Å². The highest BCUT2D eigenvalue weighted by Crippen LogP contribution is 2.05. The van der Waals surface area contributed by atoms with E-state index in [4.69, 9.17) is 5.26 Å². The molecule has 0 N–H and O–H groups in total. The second-order valence-corrected chi connectivity index (χ2v) is 3.43. The Labute approximate surface area is 88.9 Å². The number of hydrogen-bond donors (Lipinski definition) is 0. The molecule has 1 amide bonds. The van der Waals surface area contributed by atoms with Crippen molar-refractivity contribution in [2.45, 2.75) is 13.3 Å².